The molecule has 92 valence electrons. The van der Waals surface area contributed by atoms with Gasteiger partial charge < -0.3 is 5.11 Å². The normalized spacial score (nSPS) is 26.9. The van der Waals surface area contributed by atoms with E-state index in [2.05, 4.69) is 0 Å². The van der Waals surface area contributed by atoms with Crippen molar-refractivity contribution in [2.24, 2.45) is 5.92 Å². The Morgan fingerprint density at radius 2 is 2.06 bits per heavy atom. The number of sulfone groups is 1. The van der Waals surface area contributed by atoms with Gasteiger partial charge in [0.05, 0.1) is 17.4 Å². The Balaban J connectivity index is 2.40. The van der Waals surface area contributed by atoms with Crippen LogP contribution in [0.1, 0.15) is 17.0 Å². The first kappa shape index (κ1) is 12.1. The zero-order chi connectivity index (χ0) is 12.6. The lowest BCUT2D eigenvalue weighted by Gasteiger charge is -2.14. The minimum atomic E-state index is -3.23. The molecule has 0 bridgehead atoms. The van der Waals surface area contributed by atoms with E-state index in [0.717, 1.165) is 11.1 Å². The number of hydrogen-bond donors (Lipinski definition) is 1. The van der Waals surface area contributed by atoms with E-state index in [9.17, 15) is 13.2 Å². The summed E-state index contributed by atoms with van der Waals surface area (Å²) in [5, 5.41) is 9.08. The summed E-state index contributed by atoms with van der Waals surface area (Å²) in [6, 6.07) is 7.40. The molecule has 1 aromatic rings. The molecule has 5 heteroatoms. The fourth-order valence-corrected chi connectivity index (χ4v) is 4.35. The maximum atomic E-state index is 11.6. The first-order valence-electron chi connectivity index (χ1n) is 5.39. The van der Waals surface area contributed by atoms with E-state index >= 15 is 0 Å². The van der Waals surface area contributed by atoms with Crippen LogP contribution in [0.5, 0.6) is 0 Å². The molecule has 0 amide bonds. The van der Waals surface area contributed by atoms with Gasteiger partial charge in [-0.05, 0) is 12.5 Å². The third kappa shape index (κ3) is 2.49. The van der Waals surface area contributed by atoms with Crippen molar-refractivity contribution >= 4 is 15.8 Å². The molecule has 0 spiro atoms. The largest absolute Gasteiger partial charge is 0.481 e. The number of aryl methyl sites for hydroxylation is 1. The number of carbonyl (C=O) groups is 1. The van der Waals surface area contributed by atoms with Crippen molar-refractivity contribution in [1.29, 1.82) is 0 Å². The SMILES string of the molecule is Cc1cccc(C2CS(=O)(=O)CC2C(=O)O)c1. The molecule has 1 aromatic carbocycles. The lowest BCUT2D eigenvalue weighted by molar-refractivity contribution is -0.141. The number of benzene rings is 1. The van der Waals surface area contributed by atoms with Crippen LogP contribution in [0, 0.1) is 12.8 Å². The summed E-state index contributed by atoms with van der Waals surface area (Å²) < 4.78 is 23.1. The number of rotatable bonds is 2. The highest BCUT2D eigenvalue weighted by molar-refractivity contribution is 7.91. The van der Waals surface area contributed by atoms with Crippen LogP contribution in [0.15, 0.2) is 24.3 Å². The summed E-state index contributed by atoms with van der Waals surface area (Å²) in [5.41, 5.74) is 1.81. The molecule has 1 heterocycles. The van der Waals surface area contributed by atoms with Crippen LogP contribution in [0.4, 0.5) is 0 Å². The van der Waals surface area contributed by atoms with Crippen molar-refractivity contribution in [3.05, 3.63) is 35.4 Å². The monoisotopic (exact) mass is 254 g/mol. The van der Waals surface area contributed by atoms with Crippen LogP contribution < -0.4 is 0 Å². The first-order chi connectivity index (χ1) is 7.89. The topological polar surface area (TPSA) is 71.4 Å². The fourth-order valence-electron chi connectivity index (χ4n) is 2.32. The van der Waals surface area contributed by atoms with Gasteiger partial charge in [-0.3, -0.25) is 4.79 Å². The number of carboxylic acids is 1. The molecule has 0 radical (unpaired) electrons. The molecule has 0 aromatic heterocycles. The summed E-state index contributed by atoms with van der Waals surface area (Å²) in [6.45, 7) is 1.91. The van der Waals surface area contributed by atoms with Gasteiger partial charge in [-0.15, -0.1) is 0 Å². The van der Waals surface area contributed by atoms with Crippen molar-refractivity contribution in [1.82, 2.24) is 0 Å². The van der Waals surface area contributed by atoms with Crippen LogP contribution in [-0.2, 0) is 14.6 Å². The number of aliphatic carboxylic acids is 1. The molecule has 1 saturated heterocycles. The zero-order valence-electron chi connectivity index (χ0n) is 9.46. The standard InChI is InChI=1S/C12H14O4S/c1-8-3-2-4-9(5-8)10-6-17(15,16)7-11(10)12(13)14/h2-5,10-11H,6-7H2,1H3,(H,13,14). The molecule has 4 nitrogen and oxygen atoms in total. The second-order valence-electron chi connectivity index (χ2n) is 4.54. The molecule has 0 saturated carbocycles. The van der Waals surface area contributed by atoms with Crippen molar-refractivity contribution in [3.63, 3.8) is 0 Å². The zero-order valence-corrected chi connectivity index (χ0v) is 10.3. The Labute approximate surface area is 100 Å². The summed E-state index contributed by atoms with van der Waals surface area (Å²) in [7, 11) is -3.23. The van der Waals surface area contributed by atoms with Gasteiger partial charge in [-0.1, -0.05) is 29.8 Å². The molecule has 1 fully saturated rings. The summed E-state index contributed by atoms with van der Waals surface area (Å²) in [5.74, 6) is -2.58. The molecule has 2 atom stereocenters. The van der Waals surface area contributed by atoms with E-state index in [-0.39, 0.29) is 11.5 Å². The van der Waals surface area contributed by atoms with Gasteiger partial charge in [0.15, 0.2) is 9.84 Å². The average molecular weight is 254 g/mol. The van der Waals surface area contributed by atoms with E-state index in [1.54, 1.807) is 6.07 Å². The van der Waals surface area contributed by atoms with E-state index in [1.165, 1.54) is 0 Å². The molecule has 1 aliphatic rings. The Kier molecular flexibility index (Phi) is 2.95. The molecule has 2 unspecified atom stereocenters. The number of hydrogen-bond acceptors (Lipinski definition) is 3. The maximum absolute atomic E-state index is 11.6. The van der Waals surface area contributed by atoms with Gasteiger partial charge in [0.25, 0.3) is 0 Å². The summed E-state index contributed by atoms with van der Waals surface area (Å²) in [4.78, 5) is 11.1. The van der Waals surface area contributed by atoms with E-state index in [0.29, 0.717) is 0 Å². The summed E-state index contributed by atoms with van der Waals surface area (Å²) >= 11 is 0. The van der Waals surface area contributed by atoms with Gasteiger partial charge in [-0.25, -0.2) is 8.42 Å². The minimum Gasteiger partial charge on any atom is -0.481 e. The van der Waals surface area contributed by atoms with Gasteiger partial charge >= 0.3 is 5.97 Å². The third-order valence-electron chi connectivity index (χ3n) is 3.14. The predicted octanol–water partition coefficient (Wildman–Crippen LogP) is 1.21. The second kappa shape index (κ2) is 4.14. The lowest BCUT2D eigenvalue weighted by Crippen LogP contribution is -2.20. The Bertz CT molecular complexity index is 547. The van der Waals surface area contributed by atoms with E-state index < -0.39 is 27.6 Å². The van der Waals surface area contributed by atoms with Crippen molar-refractivity contribution in [2.75, 3.05) is 11.5 Å². The molecule has 1 N–H and O–H groups in total. The highest BCUT2D eigenvalue weighted by Gasteiger charge is 2.42. The van der Waals surface area contributed by atoms with Crippen LogP contribution in [0.2, 0.25) is 0 Å². The van der Waals surface area contributed by atoms with Crippen molar-refractivity contribution in [2.45, 2.75) is 12.8 Å². The Morgan fingerprint density at radius 3 is 2.65 bits per heavy atom. The average Bonchev–Trinajstić information content (AvgIpc) is 2.55. The van der Waals surface area contributed by atoms with E-state index in [1.807, 2.05) is 25.1 Å². The van der Waals surface area contributed by atoms with Crippen LogP contribution >= 0.6 is 0 Å². The predicted molar refractivity (Wildman–Crippen MR) is 63.7 cm³/mol. The maximum Gasteiger partial charge on any atom is 0.308 e. The molecule has 1 aliphatic heterocycles. The van der Waals surface area contributed by atoms with Gasteiger partial charge in [0.2, 0.25) is 0 Å². The molecule has 0 aliphatic carbocycles. The van der Waals surface area contributed by atoms with Crippen LogP contribution in [0.3, 0.4) is 0 Å². The van der Waals surface area contributed by atoms with Crippen LogP contribution in [0.25, 0.3) is 0 Å². The smallest absolute Gasteiger partial charge is 0.308 e. The molecule has 2 rings (SSSR count). The quantitative estimate of drug-likeness (QED) is 0.861. The number of carboxylic acid groups (broad SMARTS) is 1. The van der Waals surface area contributed by atoms with E-state index in [4.69, 9.17) is 5.11 Å². The third-order valence-corrected chi connectivity index (χ3v) is 4.87. The molecule has 17 heavy (non-hydrogen) atoms. The highest BCUT2D eigenvalue weighted by atomic mass is 32.2. The highest BCUT2D eigenvalue weighted by Crippen LogP contribution is 2.34. The van der Waals surface area contributed by atoms with Crippen molar-refractivity contribution < 1.29 is 18.3 Å². The summed E-state index contributed by atoms with van der Waals surface area (Å²) in [6.07, 6.45) is 0. The second-order valence-corrected chi connectivity index (χ2v) is 6.70. The van der Waals surface area contributed by atoms with Gasteiger partial charge in [0.1, 0.15) is 0 Å². The Hall–Kier alpha value is -1.36. The first-order valence-corrected chi connectivity index (χ1v) is 7.21. The lowest BCUT2D eigenvalue weighted by atomic mass is 9.88. The van der Waals surface area contributed by atoms with Gasteiger partial charge in [0, 0.05) is 5.92 Å². The Morgan fingerprint density at radius 1 is 1.35 bits per heavy atom. The van der Waals surface area contributed by atoms with Crippen molar-refractivity contribution in [3.8, 4) is 0 Å². The molecular weight excluding hydrogens is 240 g/mol. The van der Waals surface area contributed by atoms with Gasteiger partial charge in [-0.2, -0.15) is 0 Å². The minimum absolute atomic E-state index is 0.0621. The van der Waals surface area contributed by atoms with Crippen LogP contribution in [-0.4, -0.2) is 31.0 Å². The molecular formula is C12H14O4S. The fraction of sp³-hybridized carbons (Fsp3) is 0.417.